The fourth-order valence-corrected chi connectivity index (χ4v) is 2.26. The molecule has 0 bridgehead atoms. The van der Waals surface area contributed by atoms with Gasteiger partial charge in [-0.1, -0.05) is 18.5 Å². The van der Waals surface area contributed by atoms with Crippen LogP contribution in [-0.4, -0.2) is 15.0 Å². The molecular formula is C14H14ClN3. The van der Waals surface area contributed by atoms with Crippen LogP contribution < -0.4 is 0 Å². The molecule has 0 aliphatic heterocycles. The van der Waals surface area contributed by atoms with Crippen molar-refractivity contribution in [3.8, 4) is 11.4 Å². The van der Waals surface area contributed by atoms with Gasteiger partial charge in [0.15, 0.2) is 5.82 Å². The van der Waals surface area contributed by atoms with Gasteiger partial charge in [0.05, 0.1) is 0 Å². The third-order valence-corrected chi connectivity index (χ3v) is 3.43. The van der Waals surface area contributed by atoms with Gasteiger partial charge in [0.2, 0.25) is 0 Å². The van der Waals surface area contributed by atoms with Crippen LogP contribution in [0.1, 0.15) is 36.9 Å². The highest BCUT2D eigenvalue weighted by Crippen LogP contribution is 2.40. The molecule has 0 saturated heterocycles. The number of rotatable bonds is 3. The Balaban J connectivity index is 2.10. The molecule has 2 aromatic rings. The summed E-state index contributed by atoms with van der Waals surface area (Å²) in [5, 5.41) is 0.528. The SMILES string of the molecule is CCc1cnccc1-c1nc(Cl)cc(C2CC2)n1. The van der Waals surface area contributed by atoms with Crippen LogP contribution in [0.5, 0.6) is 0 Å². The van der Waals surface area contributed by atoms with Crippen molar-refractivity contribution in [3.63, 3.8) is 0 Å². The van der Waals surface area contributed by atoms with Crippen molar-refractivity contribution >= 4 is 11.6 Å². The van der Waals surface area contributed by atoms with Crippen molar-refractivity contribution in [2.75, 3.05) is 0 Å². The first-order chi connectivity index (χ1) is 8.78. The molecule has 2 aromatic heterocycles. The minimum Gasteiger partial charge on any atom is -0.264 e. The predicted molar refractivity (Wildman–Crippen MR) is 71.6 cm³/mol. The van der Waals surface area contributed by atoms with E-state index in [-0.39, 0.29) is 0 Å². The monoisotopic (exact) mass is 259 g/mol. The average Bonchev–Trinajstić information content (AvgIpc) is 3.22. The zero-order chi connectivity index (χ0) is 12.5. The number of aryl methyl sites for hydroxylation is 1. The summed E-state index contributed by atoms with van der Waals surface area (Å²) in [6.07, 6.45) is 6.98. The second kappa shape index (κ2) is 4.65. The molecule has 0 radical (unpaired) electrons. The summed E-state index contributed by atoms with van der Waals surface area (Å²) in [7, 11) is 0. The number of hydrogen-bond donors (Lipinski definition) is 0. The Morgan fingerprint density at radius 1 is 1.33 bits per heavy atom. The van der Waals surface area contributed by atoms with Gasteiger partial charge >= 0.3 is 0 Å². The Kier molecular flexibility index (Phi) is 3.00. The minimum absolute atomic E-state index is 0.528. The number of aromatic nitrogens is 3. The molecule has 1 fully saturated rings. The molecule has 1 saturated carbocycles. The lowest BCUT2D eigenvalue weighted by Gasteiger charge is -2.07. The fourth-order valence-electron chi connectivity index (χ4n) is 2.07. The van der Waals surface area contributed by atoms with E-state index >= 15 is 0 Å². The van der Waals surface area contributed by atoms with Crippen molar-refractivity contribution < 1.29 is 0 Å². The summed E-state index contributed by atoms with van der Waals surface area (Å²) in [6.45, 7) is 2.10. The first kappa shape index (κ1) is 11.6. The summed E-state index contributed by atoms with van der Waals surface area (Å²) >= 11 is 6.10. The van der Waals surface area contributed by atoms with E-state index in [0.29, 0.717) is 11.1 Å². The van der Waals surface area contributed by atoms with Crippen molar-refractivity contribution in [1.29, 1.82) is 0 Å². The first-order valence-corrected chi connectivity index (χ1v) is 6.63. The maximum Gasteiger partial charge on any atom is 0.161 e. The van der Waals surface area contributed by atoms with E-state index < -0.39 is 0 Å². The highest BCUT2D eigenvalue weighted by Gasteiger charge is 2.26. The Bertz CT molecular complexity index is 579. The maximum atomic E-state index is 6.10. The molecule has 3 rings (SSSR count). The quantitative estimate of drug-likeness (QED) is 0.790. The average molecular weight is 260 g/mol. The van der Waals surface area contributed by atoms with Crippen LogP contribution in [0.25, 0.3) is 11.4 Å². The fraction of sp³-hybridized carbons (Fsp3) is 0.357. The van der Waals surface area contributed by atoms with Crippen molar-refractivity contribution in [1.82, 2.24) is 15.0 Å². The number of hydrogen-bond acceptors (Lipinski definition) is 3. The van der Waals surface area contributed by atoms with Crippen molar-refractivity contribution in [2.45, 2.75) is 32.1 Å². The third-order valence-electron chi connectivity index (χ3n) is 3.24. The number of pyridine rings is 1. The van der Waals surface area contributed by atoms with Gasteiger partial charge in [-0.25, -0.2) is 9.97 Å². The molecule has 92 valence electrons. The van der Waals surface area contributed by atoms with Crippen LogP contribution in [0.3, 0.4) is 0 Å². The summed E-state index contributed by atoms with van der Waals surface area (Å²) in [6, 6.07) is 3.84. The molecule has 1 aliphatic rings. The summed E-state index contributed by atoms with van der Waals surface area (Å²) in [5.74, 6) is 1.31. The largest absolute Gasteiger partial charge is 0.264 e. The molecule has 3 nitrogen and oxygen atoms in total. The predicted octanol–water partition coefficient (Wildman–Crippen LogP) is 3.63. The normalized spacial score (nSPS) is 14.8. The van der Waals surface area contributed by atoms with Crippen LogP contribution in [-0.2, 0) is 6.42 Å². The second-order valence-corrected chi connectivity index (χ2v) is 4.99. The zero-order valence-electron chi connectivity index (χ0n) is 10.2. The van der Waals surface area contributed by atoms with Crippen molar-refractivity contribution in [2.24, 2.45) is 0 Å². The van der Waals surface area contributed by atoms with Crippen LogP contribution in [0.4, 0.5) is 0 Å². The van der Waals surface area contributed by atoms with Crippen LogP contribution in [0.2, 0.25) is 5.15 Å². The molecule has 0 amide bonds. The van der Waals surface area contributed by atoms with Gasteiger partial charge in [-0.05, 0) is 37.0 Å². The molecule has 0 unspecified atom stereocenters. The molecule has 0 atom stereocenters. The summed E-state index contributed by atoms with van der Waals surface area (Å²) in [5.41, 5.74) is 3.27. The van der Waals surface area contributed by atoms with Crippen LogP contribution in [0, 0.1) is 0 Å². The highest BCUT2D eigenvalue weighted by molar-refractivity contribution is 6.29. The molecule has 4 heteroatoms. The van der Waals surface area contributed by atoms with Crippen LogP contribution in [0.15, 0.2) is 24.5 Å². The highest BCUT2D eigenvalue weighted by atomic mass is 35.5. The smallest absolute Gasteiger partial charge is 0.161 e. The zero-order valence-corrected chi connectivity index (χ0v) is 11.0. The maximum absolute atomic E-state index is 6.10. The molecule has 18 heavy (non-hydrogen) atoms. The Labute approximate surface area is 111 Å². The topological polar surface area (TPSA) is 38.7 Å². The molecule has 2 heterocycles. The lowest BCUT2D eigenvalue weighted by Crippen LogP contribution is -1.98. The van der Waals surface area contributed by atoms with E-state index in [1.807, 2.05) is 18.3 Å². The van der Waals surface area contributed by atoms with Gasteiger partial charge in [0.25, 0.3) is 0 Å². The Hall–Kier alpha value is -1.48. The van der Waals surface area contributed by atoms with E-state index in [1.165, 1.54) is 12.8 Å². The number of halogens is 1. The van der Waals surface area contributed by atoms with Gasteiger partial charge in [-0.2, -0.15) is 0 Å². The number of nitrogens with zero attached hydrogens (tertiary/aromatic N) is 3. The van der Waals surface area contributed by atoms with E-state index in [1.54, 1.807) is 6.20 Å². The van der Waals surface area contributed by atoms with Gasteiger partial charge < -0.3 is 0 Å². The molecule has 0 aromatic carbocycles. The van der Waals surface area contributed by atoms with E-state index in [4.69, 9.17) is 11.6 Å². The van der Waals surface area contributed by atoms with Gasteiger partial charge in [-0.3, -0.25) is 4.98 Å². The summed E-state index contributed by atoms with van der Waals surface area (Å²) in [4.78, 5) is 13.1. The van der Waals surface area contributed by atoms with Gasteiger partial charge in [0, 0.05) is 29.6 Å². The lowest BCUT2D eigenvalue weighted by atomic mass is 10.1. The third kappa shape index (κ3) is 2.23. The van der Waals surface area contributed by atoms with E-state index in [9.17, 15) is 0 Å². The molecule has 0 spiro atoms. The molecule has 0 N–H and O–H groups in total. The Morgan fingerprint density at radius 2 is 2.17 bits per heavy atom. The lowest BCUT2D eigenvalue weighted by molar-refractivity contribution is 0.987. The van der Waals surface area contributed by atoms with Crippen molar-refractivity contribution in [3.05, 3.63) is 40.9 Å². The molecular weight excluding hydrogens is 246 g/mol. The van der Waals surface area contributed by atoms with Gasteiger partial charge in [-0.15, -0.1) is 0 Å². The minimum atomic E-state index is 0.528. The van der Waals surface area contributed by atoms with Crippen LogP contribution >= 0.6 is 11.6 Å². The second-order valence-electron chi connectivity index (χ2n) is 4.60. The Morgan fingerprint density at radius 3 is 2.89 bits per heavy atom. The first-order valence-electron chi connectivity index (χ1n) is 6.25. The standard InChI is InChI=1S/C14H14ClN3/c1-2-9-8-16-6-5-11(9)14-17-12(10-3-4-10)7-13(15)18-14/h5-8,10H,2-4H2,1H3. The summed E-state index contributed by atoms with van der Waals surface area (Å²) < 4.78 is 0. The molecule has 1 aliphatic carbocycles. The van der Waals surface area contributed by atoms with E-state index in [2.05, 4.69) is 21.9 Å². The van der Waals surface area contributed by atoms with E-state index in [0.717, 1.165) is 29.1 Å². The van der Waals surface area contributed by atoms with Gasteiger partial charge in [0.1, 0.15) is 5.15 Å².